The minimum Gasteiger partial charge on any atom is -0.394 e. The maximum Gasteiger partial charge on any atom is 0.115 e. The van der Waals surface area contributed by atoms with Crippen LogP contribution in [0.15, 0.2) is 0 Å². The Hall–Kier alpha value is -0.400. The van der Waals surface area contributed by atoms with Crippen molar-refractivity contribution in [3.05, 3.63) is 0 Å². The second-order valence-electron chi connectivity index (χ2n) is 7.48. The molecular formula is C16H30O10. The summed E-state index contributed by atoms with van der Waals surface area (Å²) in [6.07, 6.45) is -12.2. The molecule has 2 aliphatic rings. The van der Waals surface area contributed by atoms with Gasteiger partial charge in [-0.05, 0) is 20.8 Å². The lowest BCUT2D eigenvalue weighted by molar-refractivity contribution is -0.307. The molecule has 10 heteroatoms. The molecule has 0 saturated carbocycles. The average Bonchev–Trinajstić information content (AvgIpc) is 2.60. The molecule has 2 rings (SSSR count). The molecule has 0 bridgehead atoms. The van der Waals surface area contributed by atoms with Crippen LogP contribution in [0.5, 0.6) is 0 Å². The molecule has 0 amide bonds. The van der Waals surface area contributed by atoms with Crippen molar-refractivity contribution < 1.29 is 50.0 Å². The quantitative estimate of drug-likeness (QED) is 0.253. The van der Waals surface area contributed by atoms with Gasteiger partial charge in [0.2, 0.25) is 0 Å². The monoisotopic (exact) mass is 382 g/mol. The summed E-state index contributed by atoms with van der Waals surface area (Å²) in [7, 11) is 0. The summed E-state index contributed by atoms with van der Waals surface area (Å²) in [4.78, 5) is 0. The highest BCUT2D eigenvalue weighted by molar-refractivity contribution is 5.01. The third-order valence-corrected chi connectivity index (χ3v) is 5.12. The van der Waals surface area contributed by atoms with Gasteiger partial charge in [0, 0.05) is 0 Å². The van der Waals surface area contributed by atoms with Gasteiger partial charge in [-0.1, -0.05) is 0 Å². The number of hydrogen-bond donors (Lipinski definition) is 7. The first kappa shape index (κ1) is 21.9. The molecule has 2 heterocycles. The van der Waals surface area contributed by atoms with Gasteiger partial charge in [0.1, 0.15) is 54.9 Å². The third-order valence-electron chi connectivity index (χ3n) is 5.12. The van der Waals surface area contributed by atoms with Gasteiger partial charge in [0.05, 0.1) is 24.9 Å². The van der Waals surface area contributed by atoms with Crippen molar-refractivity contribution >= 4 is 0 Å². The fraction of sp³-hybridized carbons (Fsp3) is 1.00. The largest absolute Gasteiger partial charge is 0.394 e. The standard InChI is InChI=1S/C16H30O10/c1-6-9(19)12(22)14(8(5-18)24-6)26-16(2,3)15-13(23)11(21)10(20)7(4-17)25-15/h6-15,17-23H,4-5H2,1-3H3/t6-,7-,8-,9+,10-,11+,12-,13-,14-,15-/m1/s1. The molecule has 0 aromatic heterocycles. The van der Waals surface area contributed by atoms with E-state index in [1.54, 1.807) is 6.92 Å². The van der Waals surface area contributed by atoms with Crippen LogP contribution in [0.4, 0.5) is 0 Å². The molecule has 154 valence electrons. The first-order valence-electron chi connectivity index (χ1n) is 8.66. The number of ether oxygens (including phenoxy) is 3. The molecule has 0 aliphatic carbocycles. The predicted molar refractivity (Wildman–Crippen MR) is 86.2 cm³/mol. The van der Waals surface area contributed by atoms with E-state index < -0.39 is 79.9 Å². The zero-order chi connectivity index (χ0) is 19.8. The van der Waals surface area contributed by atoms with E-state index in [2.05, 4.69) is 0 Å². The van der Waals surface area contributed by atoms with Crippen LogP contribution in [0.25, 0.3) is 0 Å². The van der Waals surface area contributed by atoms with Crippen molar-refractivity contribution in [2.45, 2.75) is 87.4 Å². The van der Waals surface area contributed by atoms with E-state index >= 15 is 0 Å². The van der Waals surface area contributed by atoms with E-state index in [-0.39, 0.29) is 0 Å². The van der Waals surface area contributed by atoms with Crippen LogP contribution in [0, 0.1) is 0 Å². The smallest absolute Gasteiger partial charge is 0.115 e. The summed E-state index contributed by atoms with van der Waals surface area (Å²) in [6, 6.07) is 0. The van der Waals surface area contributed by atoms with Crippen LogP contribution in [0.1, 0.15) is 20.8 Å². The van der Waals surface area contributed by atoms with Gasteiger partial charge in [-0.2, -0.15) is 0 Å². The molecule has 0 radical (unpaired) electrons. The Morgan fingerprint density at radius 3 is 1.88 bits per heavy atom. The van der Waals surface area contributed by atoms with Crippen molar-refractivity contribution in [3.8, 4) is 0 Å². The Balaban J connectivity index is 2.20. The number of rotatable bonds is 5. The Bertz CT molecular complexity index is 456. The van der Waals surface area contributed by atoms with Crippen LogP contribution in [0.3, 0.4) is 0 Å². The van der Waals surface area contributed by atoms with E-state index in [1.807, 2.05) is 0 Å². The van der Waals surface area contributed by atoms with E-state index in [1.165, 1.54) is 13.8 Å². The highest BCUT2D eigenvalue weighted by atomic mass is 16.6. The first-order valence-corrected chi connectivity index (χ1v) is 8.66. The summed E-state index contributed by atoms with van der Waals surface area (Å²) in [6.45, 7) is 3.54. The van der Waals surface area contributed by atoms with Crippen molar-refractivity contribution in [3.63, 3.8) is 0 Å². The third kappa shape index (κ3) is 4.04. The minimum atomic E-state index is -1.57. The lowest BCUT2D eigenvalue weighted by atomic mass is 9.86. The molecule has 26 heavy (non-hydrogen) atoms. The Morgan fingerprint density at radius 2 is 1.35 bits per heavy atom. The summed E-state index contributed by atoms with van der Waals surface area (Å²) in [5.41, 5.74) is -1.34. The van der Waals surface area contributed by atoms with Crippen LogP contribution in [-0.4, -0.2) is 116 Å². The summed E-state index contributed by atoms with van der Waals surface area (Å²) in [5, 5.41) is 69.3. The summed E-state index contributed by atoms with van der Waals surface area (Å²) >= 11 is 0. The van der Waals surface area contributed by atoms with Gasteiger partial charge in [0.25, 0.3) is 0 Å². The Kier molecular flexibility index (Phi) is 7.00. The number of aliphatic hydroxyl groups is 7. The first-order chi connectivity index (χ1) is 12.0. The molecule has 0 aromatic rings. The number of aliphatic hydroxyl groups excluding tert-OH is 7. The van der Waals surface area contributed by atoms with Gasteiger partial charge in [-0.3, -0.25) is 0 Å². The lowest BCUT2D eigenvalue weighted by Crippen LogP contribution is -2.67. The normalized spacial score (nSPS) is 47.8. The molecule has 2 aliphatic heterocycles. The van der Waals surface area contributed by atoms with E-state index in [9.17, 15) is 35.7 Å². The Morgan fingerprint density at radius 1 is 0.769 bits per heavy atom. The fourth-order valence-corrected chi connectivity index (χ4v) is 3.51. The van der Waals surface area contributed by atoms with Crippen molar-refractivity contribution in [2.24, 2.45) is 0 Å². The zero-order valence-corrected chi connectivity index (χ0v) is 15.0. The average molecular weight is 382 g/mol. The summed E-state index contributed by atoms with van der Waals surface area (Å²) < 4.78 is 16.8. The van der Waals surface area contributed by atoms with Gasteiger partial charge >= 0.3 is 0 Å². The molecule has 0 aromatic carbocycles. The predicted octanol–water partition coefficient (Wildman–Crippen LogP) is -3.51. The SMILES string of the molecule is C[C@H]1O[C@H](CO)[C@@H](OC(C)(C)[C@@H]2O[C@H](CO)[C@@H](O)[C@H](O)[C@H]2O)[C@H](O)[C@H]1O. The van der Waals surface area contributed by atoms with Gasteiger partial charge < -0.3 is 50.0 Å². The molecule has 0 unspecified atom stereocenters. The van der Waals surface area contributed by atoms with Crippen LogP contribution < -0.4 is 0 Å². The van der Waals surface area contributed by atoms with Gasteiger partial charge in [0.15, 0.2) is 0 Å². The van der Waals surface area contributed by atoms with Crippen molar-refractivity contribution in [2.75, 3.05) is 13.2 Å². The topological polar surface area (TPSA) is 169 Å². The fourth-order valence-electron chi connectivity index (χ4n) is 3.51. The highest BCUT2D eigenvalue weighted by Gasteiger charge is 2.53. The molecule has 0 spiro atoms. The lowest BCUT2D eigenvalue weighted by Gasteiger charge is -2.49. The zero-order valence-electron chi connectivity index (χ0n) is 15.0. The second-order valence-corrected chi connectivity index (χ2v) is 7.48. The second kappa shape index (κ2) is 8.31. The molecule has 10 atom stereocenters. The highest BCUT2D eigenvalue weighted by Crippen LogP contribution is 2.34. The maximum atomic E-state index is 10.3. The van der Waals surface area contributed by atoms with E-state index in [0.29, 0.717) is 0 Å². The van der Waals surface area contributed by atoms with Gasteiger partial charge in [-0.15, -0.1) is 0 Å². The number of hydrogen-bond acceptors (Lipinski definition) is 10. The maximum absolute atomic E-state index is 10.3. The minimum absolute atomic E-state index is 0.469. The molecule has 10 nitrogen and oxygen atoms in total. The van der Waals surface area contributed by atoms with Crippen LogP contribution in [0.2, 0.25) is 0 Å². The van der Waals surface area contributed by atoms with Crippen LogP contribution >= 0.6 is 0 Å². The molecule has 7 N–H and O–H groups in total. The van der Waals surface area contributed by atoms with E-state index in [0.717, 1.165) is 0 Å². The van der Waals surface area contributed by atoms with Gasteiger partial charge in [-0.25, -0.2) is 0 Å². The molecule has 2 fully saturated rings. The van der Waals surface area contributed by atoms with E-state index in [4.69, 9.17) is 14.2 Å². The van der Waals surface area contributed by atoms with Crippen molar-refractivity contribution in [1.29, 1.82) is 0 Å². The molecular weight excluding hydrogens is 352 g/mol. The Labute approximate surface area is 151 Å². The van der Waals surface area contributed by atoms with Crippen molar-refractivity contribution in [1.82, 2.24) is 0 Å². The molecule has 2 saturated heterocycles. The van der Waals surface area contributed by atoms with Crippen LogP contribution in [-0.2, 0) is 14.2 Å². The summed E-state index contributed by atoms with van der Waals surface area (Å²) in [5.74, 6) is 0.